The Morgan fingerprint density at radius 2 is 1.56 bits per heavy atom. The molecule has 1 aromatic carbocycles. The summed E-state index contributed by atoms with van der Waals surface area (Å²) in [6.45, 7) is 16.9. The molecule has 27 heavy (non-hydrogen) atoms. The molecule has 2 atom stereocenters. The van der Waals surface area contributed by atoms with E-state index >= 15 is 0 Å². The molecule has 2 rings (SSSR count). The first-order valence-corrected chi connectivity index (χ1v) is 13.1. The Hall–Kier alpha value is -1.16. The lowest BCUT2D eigenvalue weighted by Gasteiger charge is -2.45. The SMILES string of the molecule is CCC1CC(C[Si](C(C)C)(C(C)C)C(C)C)c2c1cc(OC)c(O)c2OC. The molecule has 4 heteroatoms. The highest BCUT2D eigenvalue weighted by Gasteiger charge is 2.47. The molecule has 1 aromatic rings. The minimum Gasteiger partial charge on any atom is -0.502 e. The van der Waals surface area contributed by atoms with Crippen LogP contribution in [0.4, 0.5) is 0 Å². The summed E-state index contributed by atoms with van der Waals surface area (Å²) in [5.41, 5.74) is 4.79. The number of hydrogen-bond acceptors (Lipinski definition) is 3. The average Bonchev–Trinajstić information content (AvgIpc) is 2.95. The number of ether oxygens (including phenoxy) is 2. The third-order valence-corrected chi connectivity index (χ3v) is 15.1. The average molecular weight is 393 g/mol. The first-order chi connectivity index (χ1) is 12.6. The normalized spacial score (nSPS) is 19.9. The van der Waals surface area contributed by atoms with E-state index in [1.807, 2.05) is 0 Å². The Bertz CT molecular complexity index is 630. The third-order valence-electron chi connectivity index (χ3n) is 7.45. The number of phenols is 1. The second kappa shape index (κ2) is 8.46. The maximum Gasteiger partial charge on any atom is 0.201 e. The van der Waals surface area contributed by atoms with E-state index in [9.17, 15) is 5.11 Å². The molecule has 0 saturated heterocycles. The van der Waals surface area contributed by atoms with Gasteiger partial charge in [-0.25, -0.2) is 0 Å². The molecule has 1 N–H and O–H groups in total. The Balaban J connectivity index is 2.61. The van der Waals surface area contributed by atoms with Gasteiger partial charge in [0.15, 0.2) is 11.5 Å². The zero-order valence-corrected chi connectivity index (χ0v) is 19.8. The summed E-state index contributed by atoms with van der Waals surface area (Å²) in [5.74, 6) is 2.32. The van der Waals surface area contributed by atoms with Crippen molar-refractivity contribution in [1.29, 1.82) is 0 Å². The summed E-state index contributed by atoms with van der Waals surface area (Å²) >= 11 is 0. The highest BCUT2D eigenvalue weighted by molar-refractivity contribution is 6.83. The van der Waals surface area contributed by atoms with Crippen molar-refractivity contribution in [3.8, 4) is 17.2 Å². The van der Waals surface area contributed by atoms with E-state index < -0.39 is 8.07 Å². The van der Waals surface area contributed by atoms with Gasteiger partial charge >= 0.3 is 0 Å². The van der Waals surface area contributed by atoms with Crippen LogP contribution < -0.4 is 9.47 Å². The van der Waals surface area contributed by atoms with Gasteiger partial charge in [-0.2, -0.15) is 0 Å². The summed E-state index contributed by atoms with van der Waals surface area (Å²) in [5, 5.41) is 10.7. The van der Waals surface area contributed by atoms with Crippen LogP contribution in [-0.2, 0) is 0 Å². The minimum atomic E-state index is -1.55. The molecule has 0 amide bonds. The molecular formula is C23H40O3Si. The maximum absolute atomic E-state index is 10.7. The molecule has 0 saturated carbocycles. The fourth-order valence-corrected chi connectivity index (χ4v) is 12.7. The van der Waals surface area contributed by atoms with E-state index in [-0.39, 0.29) is 5.75 Å². The maximum atomic E-state index is 10.7. The Labute approximate surface area is 167 Å². The summed E-state index contributed by atoms with van der Waals surface area (Å²) in [7, 11) is 1.74. The molecule has 2 unspecified atom stereocenters. The van der Waals surface area contributed by atoms with Gasteiger partial charge in [-0.05, 0) is 42.4 Å². The quantitative estimate of drug-likeness (QED) is 0.481. The molecule has 1 aliphatic rings. The van der Waals surface area contributed by atoms with Crippen molar-refractivity contribution < 1.29 is 14.6 Å². The lowest BCUT2D eigenvalue weighted by Crippen LogP contribution is -2.45. The zero-order chi connectivity index (χ0) is 20.5. The van der Waals surface area contributed by atoms with Crippen LogP contribution in [0.3, 0.4) is 0 Å². The van der Waals surface area contributed by atoms with Crippen molar-refractivity contribution in [3.05, 3.63) is 17.2 Å². The van der Waals surface area contributed by atoms with Crippen LogP contribution in [-0.4, -0.2) is 27.4 Å². The summed E-state index contributed by atoms with van der Waals surface area (Å²) < 4.78 is 11.2. The Morgan fingerprint density at radius 1 is 1.00 bits per heavy atom. The minimum absolute atomic E-state index is 0.159. The number of phenolic OH excluding ortho intramolecular Hbond substituents is 1. The fraction of sp³-hybridized carbons (Fsp3) is 0.739. The number of benzene rings is 1. The summed E-state index contributed by atoms with van der Waals surface area (Å²) in [4.78, 5) is 0. The standard InChI is InChI=1S/C23H40O3Si/c1-10-17-11-18(13-27(14(2)3,15(4)5)16(6)7)21-19(17)12-20(25-8)22(24)23(21)26-9/h12,14-18,24H,10-11,13H2,1-9H3. The van der Waals surface area contributed by atoms with Gasteiger partial charge in [0.05, 0.1) is 22.3 Å². The van der Waals surface area contributed by atoms with Crippen LogP contribution in [0.25, 0.3) is 0 Å². The topological polar surface area (TPSA) is 38.7 Å². The van der Waals surface area contributed by atoms with Gasteiger partial charge in [-0.15, -0.1) is 0 Å². The Morgan fingerprint density at radius 3 is 1.96 bits per heavy atom. The molecule has 154 valence electrons. The van der Waals surface area contributed by atoms with Gasteiger partial charge in [0, 0.05) is 5.56 Å². The molecule has 0 radical (unpaired) electrons. The van der Waals surface area contributed by atoms with Crippen molar-refractivity contribution in [3.63, 3.8) is 0 Å². The molecule has 1 aliphatic carbocycles. The number of rotatable bonds is 8. The van der Waals surface area contributed by atoms with Crippen LogP contribution in [0.15, 0.2) is 6.07 Å². The van der Waals surface area contributed by atoms with E-state index in [0.717, 1.165) is 29.5 Å². The van der Waals surface area contributed by atoms with E-state index in [2.05, 4.69) is 54.5 Å². The van der Waals surface area contributed by atoms with Gasteiger partial charge in [-0.3, -0.25) is 0 Å². The molecular weight excluding hydrogens is 352 g/mol. The van der Waals surface area contributed by atoms with E-state index in [4.69, 9.17) is 9.47 Å². The van der Waals surface area contributed by atoms with Gasteiger partial charge in [0.2, 0.25) is 5.75 Å². The third kappa shape index (κ3) is 3.62. The second-order valence-electron chi connectivity index (χ2n) is 9.28. The molecule has 0 heterocycles. The van der Waals surface area contributed by atoms with Crippen LogP contribution in [0.1, 0.15) is 84.3 Å². The van der Waals surface area contributed by atoms with Gasteiger partial charge in [0.1, 0.15) is 0 Å². The largest absolute Gasteiger partial charge is 0.502 e. The lowest BCUT2D eigenvalue weighted by molar-refractivity contribution is 0.336. The predicted molar refractivity (Wildman–Crippen MR) is 117 cm³/mol. The van der Waals surface area contributed by atoms with Crippen molar-refractivity contribution in [2.45, 2.75) is 95.8 Å². The van der Waals surface area contributed by atoms with Crippen molar-refractivity contribution >= 4 is 8.07 Å². The Kier molecular flexibility index (Phi) is 6.94. The van der Waals surface area contributed by atoms with E-state index in [1.165, 1.54) is 17.2 Å². The van der Waals surface area contributed by atoms with Gasteiger partial charge in [-0.1, -0.05) is 65.1 Å². The van der Waals surface area contributed by atoms with Crippen molar-refractivity contribution in [2.75, 3.05) is 14.2 Å². The number of methoxy groups -OCH3 is 2. The van der Waals surface area contributed by atoms with Crippen LogP contribution in [0.5, 0.6) is 17.2 Å². The number of hydrogen-bond donors (Lipinski definition) is 1. The lowest BCUT2D eigenvalue weighted by atomic mass is 9.98. The molecule has 0 fully saturated rings. The molecule has 0 aromatic heterocycles. The smallest absolute Gasteiger partial charge is 0.201 e. The highest BCUT2D eigenvalue weighted by Crippen LogP contribution is 2.58. The number of fused-ring (bicyclic) bond motifs is 1. The highest BCUT2D eigenvalue weighted by atomic mass is 28.3. The van der Waals surface area contributed by atoms with Crippen molar-refractivity contribution in [1.82, 2.24) is 0 Å². The van der Waals surface area contributed by atoms with Crippen LogP contribution in [0, 0.1) is 0 Å². The second-order valence-corrected chi connectivity index (χ2v) is 15.4. The molecule has 3 nitrogen and oxygen atoms in total. The molecule has 0 aliphatic heterocycles. The van der Waals surface area contributed by atoms with Gasteiger partial charge in [0.25, 0.3) is 0 Å². The van der Waals surface area contributed by atoms with Gasteiger partial charge < -0.3 is 14.6 Å². The number of aromatic hydroxyl groups is 1. The van der Waals surface area contributed by atoms with E-state index in [1.54, 1.807) is 14.2 Å². The summed E-state index contributed by atoms with van der Waals surface area (Å²) in [6, 6.07) is 3.33. The summed E-state index contributed by atoms with van der Waals surface area (Å²) in [6.07, 6.45) is 2.27. The van der Waals surface area contributed by atoms with Crippen LogP contribution in [0.2, 0.25) is 22.7 Å². The van der Waals surface area contributed by atoms with E-state index in [0.29, 0.717) is 23.3 Å². The molecule has 0 spiro atoms. The first kappa shape index (κ1) is 22.1. The fourth-order valence-electron chi connectivity index (χ4n) is 6.07. The van der Waals surface area contributed by atoms with Crippen LogP contribution >= 0.6 is 0 Å². The monoisotopic (exact) mass is 392 g/mol. The predicted octanol–water partition coefficient (Wildman–Crippen LogP) is 7.07. The first-order valence-electron chi connectivity index (χ1n) is 10.6. The van der Waals surface area contributed by atoms with Crippen molar-refractivity contribution in [2.24, 2.45) is 0 Å². The zero-order valence-electron chi connectivity index (χ0n) is 18.8. The molecule has 0 bridgehead atoms.